The molecule has 2 aromatic carbocycles. The number of aryl methyl sites for hydroxylation is 2. The third kappa shape index (κ3) is 3.88. The zero-order chi connectivity index (χ0) is 17.9. The lowest BCUT2D eigenvalue weighted by molar-refractivity contribution is 0.385. The minimum Gasteiger partial charge on any atom is -0.497 e. The van der Waals surface area contributed by atoms with Crippen molar-refractivity contribution < 1.29 is 17.9 Å². The summed E-state index contributed by atoms with van der Waals surface area (Å²) < 4.78 is 38.6. The molecule has 0 saturated heterocycles. The maximum Gasteiger partial charge on any atom is 0.244 e. The third-order valence-corrected chi connectivity index (χ3v) is 5.47. The molecular formula is C18H23NO4S. The van der Waals surface area contributed by atoms with Gasteiger partial charge in [0, 0.05) is 12.1 Å². The maximum atomic E-state index is 12.8. The van der Waals surface area contributed by atoms with Crippen LogP contribution in [0.4, 0.5) is 0 Å². The van der Waals surface area contributed by atoms with Gasteiger partial charge in [0.2, 0.25) is 10.0 Å². The number of hydrogen-bond donors (Lipinski definition) is 1. The number of methoxy groups -OCH3 is 2. The first-order valence-electron chi connectivity index (χ1n) is 7.60. The van der Waals surface area contributed by atoms with E-state index in [1.165, 1.54) is 20.3 Å². The van der Waals surface area contributed by atoms with Gasteiger partial charge < -0.3 is 9.47 Å². The van der Waals surface area contributed by atoms with Gasteiger partial charge in [-0.05, 0) is 44.0 Å². The van der Waals surface area contributed by atoms with Gasteiger partial charge in [0.15, 0.2) is 0 Å². The van der Waals surface area contributed by atoms with Crippen LogP contribution in [0.15, 0.2) is 41.3 Å². The zero-order valence-corrected chi connectivity index (χ0v) is 15.4. The molecule has 1 unspecified atom stereocenters. The van der Waals surface area contributed by atoms with Crippen LogP contribution >= 0.6 is 0 Å². The highest BCUT2D eigenvalue weighted by Crippen LogP contribution is 2.30. The summed E-state index contributed by atoms with van der Waals surface area (Å²) >= 11 is 0. The van der Waals surface area contributed by atoms with E-state index in [4.69, 9.17) is 9.47 Å². The van der Waals surface area contributed by atoms with Gasteiger partial charge >= 0.3 is 0 Å². The fourth-order valence-electron chi connectivity index (χ4n) is 2.58. The quantitative estimate of drug-likeness (QED) is 0.868. The molecule has 24 heavy (non-hydrogen) atoms. The topological polar surface area (TPSA) is 64.6 Å². The highest BCUT2D eigenvalue weighted by Gasteiger charge is 2.23. The maximum absolute atomic E-state index is 12.8. The summed E-state index contributed by atoms with van der Waals surface area (Å²) in [5, 5.41) is 0. The van der Waals surface area contributed by atoms with E-state index in [0.717, 1.165) is 16.7 Å². The Hall–Kier alpha value is -2.05. The minimum atomic E-state index is -3.74. The Morgan fingerprint density at radius 1 is 1.00 bits per heavy atom. The molecule has 2 aromatic rings. The summed E-state index contributed by atoms with van der Waals surface area (Å²) in [6, 6.07) is 10.3. The van der Waals surface area contributed by atoms with Gasteiger partial charge in [-0.2, -0.15) is 0 Å². The first kappa shape index (κ1) is 18.3. The van der Waals surface area contributed by atoms with Gasteiger partial charge in [0.25, 0.3) is 0 Å². The van der Waals surface area contributed by atoms with Crippen molar-refractivity contribution in [2.24, 2.45) is 0 Å². The molecule has 0 aliphatic rings. The number of nitrogens with one attached hydrogen (secondary N) is 1. The molecule has 0 radical (unpaired) electrons. The van der Waals surface area contributed by atoms with Crippen molar-refractivity contribution in [3.8, 4) is 11.5 Å². The Morgan fingerprint density at radius 2 is 1.71 bits per heavy atom. The van der Waals surface area contributed by atoms with Crippen molar-refractivity contribution in [3.63, 3.8) is 0 Å². The minimum absolute atomic E-state index is 0.0861. The van der Waals surface area contributed by atoms with Crippen molar-refractivity contribution >= 4 is 10.0 Å². The number of hydrogen-bond acceptors (Lipinski definition) is 4. The lowest BCUT2D eigenvalue weighted by atomic mass is 10.0. The fraction of sp³-hybridized carbons (Fsp3) is 0.333. The second-order valence-corrected chi connectivity index (χ2v) is 7.40. The van der Waals surface area contributed by atoms with Crippen LogP contribution in [0.3, 0.4) is 0 Å². The third-order valence-electron chi connectivity index (χ3n) is 3.89. The van der Waals surface area contributed by atoms with Gasteiger partial charge in [-0.15, -0.1) is 0 Å². The van der Waals surface area contributed by atoms with Crippen molar-refractivity contribution in [1.29, 1.82) is 0 Å². The predicted molar refractivity (Wildman–Crippen MR) is 94.2 cm³/mol. The Morgan fingerprint density at radius 3 is 2.33 bits per heavy atom. The van der Waals surface area contributed by atoms with E-state index in [-0.39, 0.29) is 16.7 Å². The Balaban J connectivity index is 2.36. The SMILES string of the molecule is COc1ccc(S(=O)(=O)NC(C)c2cc(C)ccc2C)c(OC)c1. The lowest BCUT2D eigenvalue weighted by Gasteiger charge is -2.18. The predicted octanol–water partition coefficient (Wildman–Crippen LogP) is 3.36. The van der Waals surface area contributed by atoms with Crippen LogP contribution < -0.4 is 14.2 Å². The molecule has 0 heterocycles. The summed E-state index contributed by atoms with van der Waals surface area (Å²) in [6.45, 7) is 5.78. The van der Waals surface area contributed by atoms with Crippen molar-refractivity contribution in [2.75, 3.05) is 14.2 Å². The molecule has 0 aromatic heterocycles. The molecule has 0 aliphatic heterocycles. The molecule has 130 valence electrons. The van der Waals surface area contributed by atoms with Gasteiger partial charge in [-0.3, -0.25) is 0 Å². The van der Waals surface area contributed by atoms with Gasteiger partial charge in [0.05, 0.1) is 14.2 Å². The molecule has 1 N–H and O–H groups in total. The molecule has 5 nitrogen and oxygen atoms in total. The molecule has 2 rings (SSSR count). The van der Waals surface area contributed by atoms with Crippen LogP contribution in [0.2, 0.25) is 0 Å². The zero-order valence-electron chi connectivity index (χ0n) is 14.6. The molecule has 0 bridgehead atoms. The number of sulfonamides is 1. The normalized spacial score (nSPS) is 12.7. The smallest absolute Gasteiger partial charge is 0.244 e. The van der Waals surface area contributed by atoms with E-state index in [1.807, 2.05) is 39.0 Å². The number of rotatable bonds is 6. The second kappa shape index (κ2) is 7.23. The van der Waals surface area contributed by atoms with Gasteiger partial charge in [-0.1, -0.05) is 23.8 Å². The number of benzene rings is 2. The van der Waals surface area contributed by atoms with E-state index in [0.29, 0.717) is 5.75 Å². The van der Waals surface area contributed by atoms with E-state index in [9.17, 15) is 8.42 Å². The Kier molecular flexibility index (Phi) is 5.51. The van der Waals surface area contributed by atoms with E-state index in [2.05, 4.69) is 4.72 Å². The average molecular weight is 349 g/mol. The molecule has 0 aliphatic carbocycles. The summed E-state index contributed by atoms with van der Waals surface area (Å²) in [6.07, 6.45) is 0. The Labute approximate surface area is 143 Å². The molecule has 1 atom stereocenters. The Bertz CT molecular complexity index is 831. The monoisotopic (exact) mass is 349 g/mol. The number of ether oxygens (including phenoxy) is 2. The van der Waals surface area contributed by atoms with Crippen molar-refractivity contribution in [3.05, 3.63) is 53.1 Å². The van der Waals surface area contributed by atoms with Crippen LogP contribution in [-0.4, -0.2) is 22.6 Å². The van der Waals surface area contributed by atoms with E-state index >= 15 is 0 Å². The molecule has 6 heteroatoms. The molecule has 0 amide bonds. The first-order valence-corrected chi connectivity index (χ1v) is 9.08. The highest BCUT2D eigenvalue weighted by molar-refractivity contribution is 7.89. The van der Waals surface area contributed by atoms with Crippen LogP contribution in [0.5, 0.6) is 11.5 Å². The van der Waals surface area contributed by atoms with Crippen molar-refractivity contribution in [1.82, 2.24) is 4.72 Å². The summed E-state index contributed by atoms with van der Waals surface area (Å²) in [7, 11) is -0.785. The van der Waals surface area contributed by atoms with E-state index < -0.39 is 10.0 Å². The van der Waals surface area contributed by atoms with Crippen LogP contribution in [0.25, 0.3) is 0 Å². The summed E-state index contributed by atoms with van der Waals surface area (Å²) in [5.41, 5.74) is 3.08. The van der Waals surface area contributed by atoms with Gasteiger partial charge in [0.1, 0.15) is 16.4 Å². The largest absolute Gasteiger partial charge is 0.497 e. The second-order valence-electron chi connectivity index (χ2n) is 5.72. The van der Waals surface area contributed by atoms with Crippen LogP contribution in [0.1, 0.15) is 29.7 Å². The van der Waals surface area contributed by atoms with Crippen LogP contribution in [0, 0.1) is 13.8 Å². The van der Waals surface area contributed by atoms with Gasteiger partial charge in [-0.25, -0.2) is 13.1 Å². The lowest BCUT2D eigenvalue weighted by Crippen LogP contribution is -2.27. The van der Waals surface area contributed by atoms with Crippen molar-refractivity contribution in [2.45, 2.75) is 31.7 Å². The summed E-state index contributed by atoms with van der Waals surface area (Å²) in [4.78, 5) is 0.0861. The fourth-order valence-corrected chi connectivity index (χ4v) is 3.96. The molecular weight excluding hydrogens is 326 g/mol. The highest BCUT2D eigenvalue weighted by atomic mass is 32.2. The van der Waals surface area contributed by atoms with Crippen LogP contribution in [-0.2, 0) is 10.0 Å². The average Bonchev–Trinajstić information content (AvgIpc) is 2.55. The standard InChI is InChI=1S/C18H23NO4S/c1-12-6-7-13(2)16(10-12)14(3)19-24(20,21)18-9-8-15(22-4)11-17(18)23-5/h6-11,14,19H,1-5H3. The summed E-state index contributed by atoms with van der Waals surface area (Å²) in [5.74, 6) is 0.781. The first-order chi connectivity index (χ1) is 11.3. The molecule has 0 spiro atoms. The molecule has 0 saturated carbocycles. The van der Waals surface area contributed by atoms with E-state index in [1.54, 1.807) is 12.1 Å². The molecule has 0 fully saturated rings.